The molecule has 0 spiro atoms. The Labute approximate surface area is 402 Å². The maximum atomic E-state index is 12.5. The zero-order valence-corrected chi connectivity index (χ0v) is 44.2. The number of amides is 1. The molecule has 0 saturated carbocycles. The van der Waals surface area contributed by atoms with Gasteiger partial charge < -0.3 is 30.6 Å². The number of carbonyl (C=O) groups excluding carboxylic acids is 1. The summed E-state index contributed by atoms with van der Waals surface area (Å²) in [7, 11) is 1.93. The summed E-state index contributed by atoms with van der Waals surface area (Å²) in [5.41, 5.74) is 0. The van der Waals surface area contributed by atoms with Crippen LogP contribution < -0.4 is 10.6 Å². The van der Waals surface area contributed by atoms with Gasteiger partial charge in [0.05, 0.1) is 12.2 Å². The van der Waals surface area contributed by atoms with Crippen LogP contribution in [0, 0.1) is 0 Å². The Kier molecular flexibility index (Phi) is 52.6. The van der Waals surface area contributed by atoms with Crippen LogP contribution >= 0.6 is 0 Å². The van der Waals surface area contributed by atoms with E-state index in [4.69, 9.17) is 0 Å². The molecule has 2 unspecified atom stereocenters. The monoisotopic (exact) mass is 907 g/mol. The van der Waals surface area contributed by atoms with Gasteiger partial charge >= 0.3 is 0 Å². The molecule has 0 fully saturated rings. The number of unbranched alkanes of at least 4 members (excludes halogenated alkanes) is 35. The number of nitrogens with zero attached hydrogens (tertiary/aromatic N) is 2. The SMILES string of the molecule is CCCCCCCCCCCCCCNC(=O)CCCCC(O)CN(CCCCCCCCCCCCCC)CCCCN(CCCCCCCCCCCCCC)CC(O)CNC. The molecule has 0 aliphatic heterocycles. The first-order valence-corrected chi connectivity index (χ1v) is 29.2. The molecule has 4 N–H and O–H groups in total. The summed E-state index contributed by atoms with van der Waals surface area (Å²) in [5.74, 6) is 0.178. The average molecular weight is 908 g/mol. The lowest BCUT2D eigenvalue weighted by Crippen LogP contribution is -2.39. The third kappa shape index (κ3) is 49.2. The summed E-state index contributed by atoms with van der Waals surface area (Å²) in [6.45, 7) is 14.0. The number of nitrogens with one attached hydrogen (secondary N) is 2. The van der Waals surface area contributed by atoms with Crippen molar-refractivity contribution in [2.24, 2.45) is 0 Å². The van der Waals surface area contributed by atoms with Gasteiger partial charge in [0.2, 0.25) is 5.91 Å². The molecule has 0 aromatic rings. The van der Waals surface area contributed by atoms with Crippen LogP contribution in [0.3, 0.4) is 0 Å². The fourth-order valence-electron chi connectivity index (χ4n) is 9.55. The van der Waals surface area contributed by atoms with Crippen molar-refractivity contribution < 1.29 is 15.0 Å². The number of rotatable bonds is 55. The highest BCUT2D eigenvalue weighted by atomic mass is 16.3. The molecule has 0 aliphatic carbocycles. The number of carbonyl (C=O) groups is 1. The van der Waals surface area contributed by atoms with E-state index in [1.807, 2.05) is 7.05 Å². The molecular weight excluding hydrogens is 789 g/mol. The molecule has 0 aromatic heterocycles. The summed E-state index contributed by atoms with van der Waals surface area (Å²) in [6.07, 6.45) is 53.5. The van der Waals surface area contributed by atoms with Crippen LogP contribution in [0.15, 0.2) is 0 Å². The van der Waals surface area contributed by atoms with Crippen LogP contribution in [-0.4, -0.2) is 97.5 Å². The predicted molar refractivity (Wildman–Crippen MR) is 283 cm³/mol. The highest BCUT2D eigenvalue weighted by Crippen LogP contribution is 2.16. The summed E-state index contributed by atoms with van der Waals surface area (Å²) in [4.78, 5) is 17.6. The molecule has 0 rings (SSSR count). The normalized spacial score (nSPS) is 12.8. The lowest BCUT2D eigenvalue weighted by atomic mass is 10.0. The maximum absolute atomic E-state index is 12.5. The van der Waals surface area contributed by atoms with Crippen LogP contribution in [0.2, 0.25) is 0 Å². The van der Waals surface area contributed by atoms with Crippen LogP contribution in [0.1, 0.15) is 290 Å². The summed E-state index contributed by atoms with van der Waals surface area (Å²) in [5, 5.41) is 28.1. The van der Waals surface area contributed by atoms with Gasteiger partial charge in [-0.1, -0.05) is 239 Å². The molecule has 64 heavy (non-hydrogen) atoms. The molecule has 0 bridgehead atoms. The van der Waals surface area contributed by atoms with Crippen LogP contribution in [0.4, 0.5) is 0 Å². The van der Waals surface area contributed by atoms with Gasteiger partial charge in [-0.2, -0.15) is 0 Å². The third-order valence-corrected chi connectivity index (χ3v) is 13.8. The van der Waals surface area contributed by atoms with Crippen molar-refractivity contribution in [3.63, 3.8) is 0 Å². The van der Waals surface area contributed by atoms with Crippen LogP contribution in [-0.2, 0) is 4.79 Å². The van der Waals surface area contributed by atoms with Gasteiger partial charge in [0.15, 0.2) is 0 Å². The smallest absolute Gasteiger partial charge is 0.219 e. The van der Waals surface area contributed by atoms with E-state index in [1.165, 1.54) is 225 Å². The zero-order valence-electron chi connectivity index (χ0n) is 44.2. The molecule has 0 heterocycles. The molecule has 384 valence electrons. The fourth-order valence-corrected chi connectivity index (χ4v) is 9.55. The molecule has 0 aromatic carbocycles. The van der Waals surface area contributed by atoms with Gasteiger partial charge in [-0.05, 0) is 78.2 Å². The summed E-state index contributed by atoms with van der Waals surface area (Å²) >= 11 is 0. The van der Waals surface area contributed by atoms with E-state index >= 15 is 0 Å². The van der Waals surface area contributed by atoms with E-state index < -0.39 is 0 Å². The number of aliphatic hydroxyl groups excluding tert-OH is 2. The van der Waals surface area contributed by atoms with Crippen molar-refractivity contribution in [3.05, 3.63) is 0 Å². The van der Waals surface area contributed by atoms with Gasteiger partial charge in [-0.3, -0.25) is 4.79 Å². The van der Waals surface area contributed by atoms with Crippen LogP contribution in [0.5, 0.6) is 0 Å². The molecule has 0 saturated heterocycles. The highest BCUT2D eigenvalue weighted by molar-refractivity contribution is 5.75. The fraction of sp³-hybridized carbons (Fsp3) is 0.982. The molecule has 0 radical (unpaired) electrons. The minimum atomic E-state index is -0.333. The summed E-state index contributed by atoms with van der Waals surface area (Å²) in [6, 6.07) is 0. The van der Waals surface area contributed by atoms with Crippen molar-refractivity contribution in [2.75, 3.05) is 59.4 Å². The molecular formula is C57H118N4O3. The van der Waals surface area contributed by atoms with E-state index in [1.54, 1.807) is 0 Å². The number of likely N-dealkylation sites (N-methyl/N-ethyl adjacent to an activating group) is 1. The van der Waals surface area contributed by atoms with Gasteiger partial charge in [0.25, 0.3) is 0 Å². The van der Waals surface area contributed by atoms with Crippen molar-refractivity contribution in [1.82, 2.24) is 20.4 Å². The lowest BCUT2D eigenvalue weighted by Gasteiger charge is -2.27. The van der Waals surface area contributed by atoms with E-state index in [2.05, 4.69) is 41.2 Å². The first-order valence-electron chi connectivity index (χ1n) is 29.2. The van der Waals surface area contributed by atoms with E-state index in [0.29, 0.717) is 13.0 Å². The minimum absolute atomic E-state index is 0.178. The first-order chi connectivity index (χ1) is 31.5. The predicted octanol–water partition coefficient (Wildman–Crippen LogP) is 15.1. The van der Waals surface area contributed by atoms with Crippen molar-refractivity contribution in [1.29, 1.82) is 0 Å². The van der Waals surface area contributed by atoms with Crippen LogP contribution in [0.25, 0.3) is 0 Å². The lowest BCUT2D eigenvalue weighted by molar-refractivity contribution is -0.121. The maximum Gasteiger partial charge on any atom is 0.219 e. The Hall–Kier alpha value is -0.730. The van der Waals surface area contributed by atoms with E-state index in [0.717, 1.165) is 84.3 Å². The van der Waals surface area contributed by atoms with Gasteiger partial charge in [0, 0.05) is 32.6 Å². The van der Waals surface area contributed by atoms with Gasteiger partial charge in [0.1, 0.15) is 0 Å². The standard InChI is InChI=1S/C57H118N4O3/c1-5-8-11-14-17-20-23-26-29-32-35-40-47-59-57(64)46-39-38-45-55(62)53-60(48-41-36-33-30-27-24-21-18-15-12-9-6-2)50-43-44-51-61(54-56(63)52-58-4)49-42-37-34-31-28-25-22-19-16-13-10-7-3/h55-56,58,62-63H,5-54H2,1-4H3,(H,59,64). The quantitative estimate of drug-likeness (QED) is 0.0455. The second-order valence-electron chi connectivity index (χ2n) is 20.4. The first kappa shape index (κ1) is 63.3. The van der Waals surface area contributed by atoms with Crippen molar-refractivity contribution in [3.8, 4) is 0 Å². The highest BCUT2D eigenvalue weighted by Gasteiger charge is 2.15. The Morgan fingerprint density at radius 3 is 1.03 bits per heavy atom. The Morgan fingerprint density at radius 1 is 0.391 bits per heavy atom. The van der Waals surface area contributed by atoms with Gasteiger partial charge in [-0.25, -0.2) is 0 Å². The third-order valence-electron chi connectivity index (χ3n) is 13.8. The largest absolute Gasteiger partial charge is 0.392 e. The van der Waals surface area contributed by atoms with Crippen molar-refractivity contribution >= 4 is 5.91 Å². The Balaban J connectivity index is 4.59. The second kappa shape index (κ2) is 53.2. The number of aliphatic hydroxyl groups is 2. The topological polar surface area (TPSA) is 88.1 Å². The van der Waals surface area contributed by atoms with E-state index in [9.17, 15) is 15.0 Å². The number of hydrogen-bond donors (Lipinski definition) is 4. The molecule has 0 aliphatic rings. The van der Waals surface area contributed by atoms with Crippen molar-refractivity contribution in [2.45, 2.75) is 303 Å². The Morgan fingerprint density at radius 2 is 0.688 bits per heavy atom. The summed E-state index contributed by atoms with van der Waals surface area (Å²) < 4.78 is 0. The molecule has 7 nitrogen and oxygen atoms in total. The number of hydrogen-bond acceptors (Lipinski definition) is 6. The molecule has 2 atom stereocenters. The zero-order chi connectivity index (χ0) is 46.7. The second-order valence-corrected chi connectivity index (χ2v) is 20.4. The van der Waals surface area contributed by atoms with E-state index in [-0.39, 0.29) is 18.1 Å². The molecule has 1 amide bonds. The minimum Gasteiger partial charge on any atom is -0.392 e. The average Bonchev–Trinajstić information content (AvgIpc) is 3.28. The van der Waals surface area contributed by atoms with Gasteiger partial charge in [-0.15, -0.1) is 0 Å². The molecule has 7 heteroatoms. The Bertz CT molecular complexity index is 893.